The fraction of sp³-hybridized carbons (Fsp3) is 0.273. The zero-order chi connectivity index (χ0) is 10.1. The number of nitrogens with zero attached hydrogens (tertiary/aromatic N) is 1. The molecule has 0 aliphatic carbocycles. The SMILES string of the molecule is [CH2]c1cccc(N=C=O)c1C1OC1C. The van der Waals surface area contributed by atoms with Crippen molar-refractivity contribution in [2.24, 2.45) is 4.99 Å². The quantitative estimate of drug-likeness (QED) is 0.406. The van der Waals surface area contributed by atoms with Crippen LogP contribution in [-0.4, -0.2) is 12.2 Å². The number of ether oxygens (including phenoxy) is 1. The Morgan fingerprint density at radius 1 is 1.57 bits per heavy atom. The Morgan fingerprint density at radius 2 is 2.29 bits per heavy atom. The Morgan fingerprint density at radius 3 is 2.86 bits per heavy atom. The molecule has 3 nitrogen and oxygen atoms in total. The summed E-state index contributed by atoms with van der Waals surface area (Å²) in [6.07, 6.45) is 1.77. The second-order valence-corrected chi connectivity index (χ2v) is 3.31. The molecule has 0 saturated carbocycles. The van der Waals surface area contributed by atoms with E-state index in [1.807, 2.05) is 19.1 Å². The molecule has 14 heavy (non-hydrogen) atoms. The summed E-state index contributed by atoms with van der Waals surface area (Å²) in [5.41, 5.74) is 2.38. The highest BCUT2D eigenvalue weighted by molar-refractivity contribution is 5.58. The minimum atomic E-state index is 0.0378. The third-order valence-corrected chi connectivity index (χ3v) is 2.34. The second-order valence-electron chi connectivity index (χ2n) is 3.31. The van der Waals surface area contributed by atoms with Gasteiger partial charge >= 0.3 is 0 Å². The first-order valence-electron chi connectivity index (χ1n) is 4.42. The van der Waals surface area contributed by atoms with Crippen LogP contribution in [0.1, 0.15) is 24.2 Å². The molecule has 2 rings (SSSR count). The zero-order valence-electron chi connectivity index (χ0n) is 7.86. The van der Waals surface area contributed by atoms with Gasteiger partial charge < -0.3 is 4.74 Å². The van der Waals surface area contributed by atoms with Gasteiger partial charge in [-0.3, -0.25) is 0 Å². The number of isocyanates is 1. The predicted molar refractivity (Wildman–Crippen MR) is 52.0 cm³/mol. The van der Waals surface area contributed by atoms with Crippen molar-refractivity contribution < 1.29 is 9.53 Å². The van der Waals surface area contributed by atoms with Crippen molar-refractivity contribution >= 4 is 11.8 Å². The highest BCUT2D eigenvalue weighted by Crippen LogP contribution is 2.43. The molecule has 2 unspecified atom stereocenters. The molecule has 1 aromatic rings. The van der Waals surface area contributed by atoms with Gasteiger partial charge in [0.2, 0.25) is 6.08 Å². The lowest BCUT2D eigenvalue weighted by Crippen LogP contribution is -1.89. The molecule has 3 heteroatoms. The van der Waals surface area contributed by atoms with Gasteiger partial charge in [-0.15, -0.1) is 0 Å². The van der Waals surface area contributed by atoms with Crippen LogP contribution in [0, 0.1) is 6.92 Å². The molecule has 1 radical (unpaired) electrons. The molecule has 1 aromatic carbocycles. The van der Waals surface area contributed by atoms with Gasteiger partial charge in [0.15, 0.2) is 0 Å². The van der Waals surface area contributed by atoms with Crippen LogP contribution in [0.2, 0.25) is 0 Å². The van der Waals surface area contributed by atoms with Crippen LogP contribution in [0.4, 0.5) is 5.69 Å². The van der Waals surface area contributed by atoms with Crippen molar-refractivity contribution in [3.63, 3.8) is 0 Å². The fourth-order valence-corrected chi connectivity index (χ4v) is 1.56. The minimum Gasteiger partial charge on any atom is -0.365 e. The minimum absolute atomic E-state index is 0.0378. The average molecular weight is 188 g/mol. The Bertz CT molecular complexity index is 408. The first-order chi connectivity index (χ1) is 6.74. The Balaban J connectivity index is 2.48. The number of epoxide rings is 1. The summed E-state index contributed by atoms with van der Waals surface area (Å²) >= 11 is 0. The van der Waals surface area contributed by atoms with Gasteiger partial charge in [-0.2, -0.15) is 4.99 Å². The van der Waals surface area contributed by atoms with E-state index in [1.54, 1.807) is 12.1 Å². The first-order valence-corrected chi connectivity index (χ1v) is 4.42. The molecule has 1 aliphatic heterocycles. The van der Waals surface area contributed by atoms with Gasteiger partial charge in [0.05, 0.1) is 11.8 Å². The molecule has 0 N–H and O–H groups in total. The van der Waals surface area contributed by atoms with Gasteiger partial charge in [-0.1, -0.05) is 12.1 Å². The smallest absolute Gasteiger partial charge is 0.240 e. The number of carbonyl (C=O) groups excluding carboxylic acids is 1. The van der Waals surface area contributed by atoms with E-state index in [0.717, 1.165) is 11.1 Å². The lowest BCUT2D eigenvalue weighted by molar-refractivity contribution is 0.383. The van der Waals surface area contributed by atoms with Crippen molar-refractivity contribution in [2.75, 3.05) is 0 Å². The molecule has 71 valence electrons. The lowest BCUT2D eigenvalue weighted by Gasteiger charge is -2.04. The Labute approximate surface area is 82.4 Å². The molecule has 1 aliphatic rings. The van der Waals surface area contributed by atoms with Crippen LogP contribution in [0.25, 0.3) is 0 Å². The van der Waals surface area contributed by atoms with Crippen LogP contribution < -0.4 is 0 Å². The van der Waals surface area contributed by atoms with Crippen molar-refractivity contribution in [3.8, 4) is 0 Å². The molecule has 1 heterocycles. The summed E-state index contributed by atoms with van der Waals surface area (Å²) in [5, 5.41) is 0. The third kappa shape index (κ3) is 1.48. The third-order valence-electron chi connectivity index (χ3n) is 2.34. The number of rotatable bonds is 2. The second kappa shape index (κ2) is 3.37. The Kier molecular flexibility index (Phi) is 2.20. The van der Waals surface area contributed by atoms with Crippen molar-refractivity contribution in [3.05, 3.63) is 36.2 Å². The predicted octanol–water partition coefficient (Wildman–Crippen LogP) is 2.30. The highest BCUT2D eigenvalue weighted by Gasteiger charge is 2.38. The van der Waals surface area contributed by atoms with E-state index in [1.165, 1.54) is 0 Å². The number of aliphatic imine (C=N–C) groups is 1. The fourth-order valence-electron chi connectivity index (χ4n) is 1.56. The van der Waals surface area contributed by atoms with E-state index in [2.05, 4.69) is 11.9 Å². The van der Waals surface area contributed by atoms with Gasteiger partial charge in [0, 0.05) is 5.56 Å². The summed E-state index contributed by atoms with van der Waals surface area (Å²) < 4.78 is 5.34. The summed E-state index contributed by atoms with van der Waals surface area (Å²) in [6, 6.07) is 5.46. The molecule has 0 amide bonds. The van der Waals surface area contributed by atoms with E-state index in [-0.39, 0.29) is 12.2 Å². The standard InChI is InChI=1S/C11H10NO2/c1-7-4-3-5-9(12-6-13)10(7)11-8(2)14-11/h3-5,8,11H,1H2,2H3. The van der Waals surface area contributed by atoms with Crippen LogP contribution in [-0.2, 0) is 9.53 Å². The van der Waals surface area contributed by atoms with E-state index < -0.39 is 0 Å². The van der Waals surface area contributed by atoms with Gasteiger partial charge in [-0.25, -0.2) is 4.79 Å². The molecule has 1 fully saturated rings. The average Bonchev–Trinajstić information content (AvgIpc) is 2.83. The largest absolute Gasteiger partial charge is 0.365 e. The van der Waals surface area contributed by atoms with Crippen LogP contribution in [0.3, 0.4) is 0 Å². The van der Waals surface area contributed by atoms with Crippen LogP contribution >= 0.6 is 0 Å². The molecule has 2 atom stereocenters. The van der Waals surface area contributed by atoms with E-state index in [0.29, 0.717) is 5.69 Å². The van der Waals surface area contributed by atoms with E-state index in [9.17, 15) is 4.79 Å². The normalized spacial score (nSPS) is 24.1. The summed E-state index contributed by atoms with van der Waals surface area (Å²) in [5.74, 6) is 0. The molecule has 0 spiro atoms. The number of hydrogen-bond acceptors (Lipinski definition) is 3. The van der Waals surface area contributed by atoms with Crippen molar-refractivity contribution in [1.29, 1.82) is 0 Å². The zero-order valence-corrected chi connectivity index (χ0v) is 7.86. The maximum atomic E-state index is 10.2. The van der Waals surface area contributed by atoms with E-state index in [4.69, 9.17) is 4.74 Å². The molecule has 0 aromatic heterocycles. The molecular formula is C11H10NO2. The summed E-state index contributed by atoms with van der Waals surface area (Å²) in [6.45, 7) is 5.87. The Hall–Kier alpha value is -1.44. The topological polar surface area (TPSA) is 42.0 Å². The molecule has 0 bridgehead atoms. The monoisotopic (exact) mass is 188 g/mol. The van der Waals surface area contributed by atoms with Gasteiger partial charge in [0.1, 0.15) is 6.10 Å². The lowest BCUT2D eigenvalue weighted by atomic mass is 10.0. The number of hydrogen-bond donors (Lipinski definition) is 0. The number of benzene rings is 1. The summed E-state index contributed by atoms with van der Waals surface area (Å²) in [7, 11) is 0. The molecular weight excluding hydrogens is 178 g/mol. The van der Waals surface area contributed by atoms with E-state index >= 15 is 0 Å². The van der Waals surface area contributed by atoms with Gasteiger partial charge in [-0.05, 0) is 25.5 Å². The maximum absolute atomic E-state index is 10.2. The van der Waals surface area contributed by atoms with Gasteiger partial charge in [0.25, 0.3) is 0 Å². The van der Waals surface area contributed by atoms with Crippen molar-refractivity contribution in [2.45, 2.75) is 19.1 Å². The summed E-state index contributed by atoms with van der Waals surface area (Å²) in [4.78, 5) is 13.8. The first kappa shape index (κ1) is 9.13. The van der Waals surface area contributed by atoms with Crippen molar-refractivity contribution in [1.82, 2.24) is 0 Å². The van der Waals surface area contributed by atoms with Crippen LogP contribution in [0.15, 0.2) is 23.2 Å². The molecule has 1 saturated heterocycles. The maximum Gasteiger partial charge on any atom is 0.240 e. The van der Waals surface area contributed by atoms with Crippen LogP contribution in [0.5, 0.6) is 0 Å². The highest BCUT2D eigenvalue weighted by atomic mass is 16.6.